The Bertz CT molecular complexity index is 1090. The highest BCUT2D eigenvalue weighted by Gasteiger charge is 2.19. The molecule has 0 aromatic carbocycles. The first kappa shape index (κ1) is 33.0. The number of hydrogen-bond acceptors (Lipinski definition) is 8. The summed E-state index contributed by atoms with van der Waals surface area (Å²) in [6, 6.07) is 16.9. The average Bonchev–Trinajstić information content (AvgIpc) is 2.88. The summed E-state index contributed by atoms with van der Waals surface area (Å²) in [5.41, 5.74) is 6.95. The summed E-state index contributed by atoms with van der Waals surface area (Å²) in [6.45, 7) is 12.4. The summed E-state index contributed by atoms with van der Waals surface area (Å²) in [5, 5.41) is 2.63. The molecule has 0 aliphatic heterocycles. The van der Waals surface area contributed by atoms with Crippen LogP contribution in [0.5, 0.6) is 0 Å². The number of ether oxygens (including phenoxy) is 2. The highest BCUT2D eigenvalue weighted by Crippen LogP contribution is 2.10. The molecule has 0 spiro atoms. The lowest BCUT2D eigenvalue weighted by Crippen LogP contribution is -2.33. The largest absolute Gasteiger partial charge is 0.444 e. The van der Waals surface area contributed by atoms with Gasteiger partial charge in [0, 0.05) is 32.2 Å². The Balaban J connectivity index is 0.000000308. The van der Waals surface area contributed by atoms with Crippen molar-refractivity contribution in [2.45, 2.75) is 72.4 Å². The molecule has 10 heteroatoms. The number of nitrogens with two attached hydrogens (primary N) is 1. The van der Waals surface area contributed by atoms with Crippen molar-refractivity contribution in [3.63, 3.8) is 0 Å². The molecule has 0 aliphatic rings. The van der Waals surface area contributed by atoms with Crippen molar-refractivity contribution in [1.29, 1.82) is 0 Å². The molecular weight excluding hydrogens is 496 g/mol. The van der Waals surface area contributed by atoms with Crippen LogP contribution in [0.1, 0.15) is 58.6 Å². The van der Waals surface area contributed by atoms with Gasteiger partial charge in [-0.1, -0.05) is 18.2 Å². The number of aromatic nitrogens is 3. The SMILES string of the molecule is CC(C)(C)OC(=O)NCc1ccccn1.CN(Cc1ccccn1)C(=O)OC(C)(C)C.NCc1ccccn1. The van der Waals surface area contributed by atoms with Crippen molar-refractivity contribution < 1.29 is 19.1 Å². The van der Waals surface area contributed by atoms with Gasteiger partial charge in [0.25, 0.3) is 0 Å². The lowest BCUT2D eigenvalue weighted by Gasteiger charge is -2.24. The molecule has 3 N–H and O–H groups in total. The van der Waals surface area contributed by atoms with Crippen LogP contribution >= 0.6 is 0 Å². The number of carbonyl (C=O) groups excluding carboxylic acids is 2. The maximum absolute atomic E-state index is 11.6. The Morgan fingerprint density at radius 3 is 1.62 bits per heavy atom. The number of carbonyl (C=O) groups is 2. The lowest BCUT2D eigenvalue weighted by molar-refractivity contribution is 0.0282. The maximum Gasteiger partial charge on any atom is 0.410 e. The molecule has 0 unspecified atom stereocenters. The Hall–Kier alpha value is -4.05. The van der Waals surface area contributed by atoms with Crippen LogP contribution in [0.2, 0.25) is 0 Å². The molecule has 10 nitrogen and oxygen atoms in total. The van der Waals surface area contributed by atoms with Crippen molar-refractivity contribution >= 4 is 12.2 Å². The average molecular weight is 539 g/mol. The number of pyridine rings is 3. The fourth-order valence-corrected chi connectivity index (χ4v) is 2.64. The zero-order valence-corrected chi connectivity index (χ0v) is 24.0. The van der Waals surface area contributed by atoms with Gasteiger partial charge in [-0.2, -0.15) is 0 Å². The number of hydrogen-bond donors (Lipinski definition) is 2. The van der Waals surface area contributed by atoms with Crippen molar-refractivity contribution in [1.82, 2.24) is 25.2 Å². The Labute approximate surface area is 232 Å². The third-order valence-electron chi connectivity index (χ3n) is 4.30. The van der Waals surface area contributed by atoms with Crippen LogP contribution < -0.4 is 11.1 Å². The molecule has 0 radical (unpaired) electrons. The van der Waals surface area contributed by atoms with Gasteiger partial charge in [-0.25, -0.2) is 9.59 Å². The molecule has 3 heterocycles. The van der Waals surface area contributed by atoms with Gasteiger partial charge in [0.1, 0.15) is 11.2 Å². The van der Waals surface area contributed by atoms with Gasteiger partial charge in [-0.05, 0) is 77.9 Å². The predicted molar refractivity (Wildman–Crippen MR) is 151 cm³/mol. The molecule has 3 aromatic rings. The number of alkyl carbamates (subject to hydrolysis) is 1. The minimum Gasteiger partial charge on any atom is -0.444 e. The third kappa shape index (κ3) is 17.2. The molecule has 2 amide bonds. The number of nitrogens with zero attached hydrogens (tertiary/aromatic N) is 4. The van der Waals surface area contributed by atoms with Gasteiger partial charge in [0.15, 0.2) is 0 Å². The van der Waals surface area contributed by atoms with Crippen LogP contribution in [0.25, 0.3) is 0 Å². The van der Waals surface area contributed by atoms with Crippen LogP contribution in [0.4, 0.5) is 9.59 Å². The zero-order chi connectivity index (χ0) is 29.3. The van der Waals surface area contributed by atoms with Crippen molar-refractivity contribution in [2.75, 3.05) is 7.05 Å². The van der Waals surface area contributed by atoms with E-state index in [1.54, 1.807) is 25.6 Å². The fraction of sp³-hybridized carbons (Fsp3) is 0.414. The molecule has 39 heavy (non-hydrogen) atoms. The van der Waals surface area contributed by atoms with Gasteiger partial charge in [-0.3, -0.25) is 15.0 Å². The highest BCUT2D eigenvalue weighted by molar-refractivity contribution is 5.68. The topological polar surface area (TPSA) is 133 Å². The molecule has 0 fully saturated rings. The molecule has 0 saturated heterocycles. The lowest BCUT2D eigenvalue weighted by atomic mass is 10.2. The Kier molecular flexibility index (Phi) is 14.1. The van der Waals surface area contributed by atoms with E-state index >= 15 is 0 Å². The first-order valence-electron chi connectivity index (χ1n) is 12.6. The first-order valence-corrected chi connectivity index (χ1v) is 12.6. The van der Waals surface area contributed by atoms with E-state index in [4.69, 9.17) is 15.2 Å². The minimum absolute atomic E-state index is 0.335. The monoisotopic (exact) mass is 538 g/mol. The maximum atomic E-state index is 11.6. The van der Waals surface area contributed by atoms with Crippen LogP contribution in [0, 0.1) is 0 Å². The minimum atomic E-state index is -0.464. The van der Waals surface area contributed by atoms with E-state index in [-0.39, 0.29) is 6.09 Å². The summed E-state index contributed by atoms with van der Waals surface area (Å²) in [5.74, 6) is 0. The second-order valence-corrected chi connectivity index (χ2v) is 10.4. The van der Waals surface area contributed by atoms with Crippen LogP contribution in [-0.4, -0.2) is 50.3 Å². The van der Waals surface area contributed by atoms with E-state index in [0.717, 1.165) is 17.1 Å². The second kappa shape index (κ2) is 16.7. The molecule has 3 rings (SSSR count). The first-order chi connectivity index (χ1) is 18.3. The normalized spacial score (nSPS) is 10.6. The standard InChI is InChI=1S/C12H18N2O2.C11H16N2O2.C6H8N2/c1-12(2,3)16-11(15)14(4)9-10-7-5-6-8-13-10;1-11(2,3)15-10(14)13-8-9-6-4-5-7-12-9;7-5-6-3-1-2-4-8-6/h5-8H,9H2,1-4H3;4-7H,8H2,1-3H3,(H,13,14);1-4H,5,7H2. The van der Waals surface area contributed by atoms with E-state index in [2.05, 4.69) is 20.3 Å². The smallest absolute Gasteiger partial charge is 0.410 e. The molecule has 212 valence electrons. The molecule has 0 atom stereocenters. The molecule has 0 saturated carbocycles. The highest BCUT2D eigenvalue weighted by atomic mass is 16.6. The van der Waals surface area contributed by atoms with E-state index in [1.165, 1.54) is 4.90 Å². The quantitative estimate of drug-likeness (QED) is 0.459. The Morgan fingerprint density at radius 2 is 1.23 bits per heavy atom. The van der Waals surface area contributed by atoms with Crippen LogP contribution in [0.15, 0.2) is 73.2 Å². The molecule has 0 aliphatic carbocycles. The summed E-state index contributed by atoms with van der Waals surface area (Å²) in [6.07, 6.45) is 4.37. The van der Waals surface area contributed by atoms with E-state index in [0.29, 0.717) is 19.6 Å². The van der Waals surface area contributed by atoms with Gasteiger partial charge in [0.05, 0.1) is 30.2 Å². The summed E-state index contributed by atoms with van der Waals surface area (Å²) in [7, 11) is 1.70. The van der Waals surface area contributed by atoms with Crippen LogP contribution in [0.3, 0.4) is 0 Å². The molecule has 3 aromatic heterocycles. The van der Waals surface area contributed by atoms with E-state index < -0.39 is 17.3 Å². The predicted octanol–water partition coefficient (Wildman–Crippen LogP) is 5.10. The second-order valence-electron chi connectivity index (χ2n) is 10.4. The van der Waals surface area contributed by atoms with Crippen LogP contribution in [-0.2, 0) is 29.1 Å². The van der Waals surface area contributed by atoms with Crippen molar-refractivity contribution in [3.05, 3.63) is 90.3 Å². The van der Waals surface area contributed by atoms with E-state index in [9.17, 15) is 9.59 Å². The van der Waals surface area contributed by atoms with Crippen molar-refractivity contribution in [3.8, 4) is 0 Å². The van der Waals surface area contributed by atoms with Gasteiger partial charge in [-0.15, -0.1) is 0 Å². The Morgan fingerprint density at radius 1 is 0.769 bits per heavy atom. The van der Waals surface area contributed by atoms with Gasteiger partial charge < -0.3 is 25.4 Å². The fourth-order valence-electron chi connectivity index (χ4n) is 2.64. The van der Waals surface area contributed by atoms with Gasteiger partial charge >= 0.3 is 12.2 Å². The van der Waals surface area contributed by atoms with Crippen molar-refractivity contribution in [2.24, 2.45) is 5.73 Å². The number of nitrogens with one attached hydrogen (secondary N) is 1. The summed E-state index contributed by atoms with van der Waals surface area (Å²) < 4.78 is 10.3. The number of amides is 2. The third-order valence-corrected chi connectivity index (χ3v) is 4.30. The zero-order valence-electron chi connectivity index (χ0n) is 24.0. The molecule has 0 bridgehead atoms. The van der Waals surface area contributed by atoms with E-state index in [1.807, 2.05) is 96.1 Å². The number of rotatable bonds is 5. The molecular formula is C29H42N6O4. The summed E-state index contributed by atoms with van der Waals surface area (Å²) in [4.78, 5) is 36.6. The summed E-state index contributed by atoms with van der Waals surface area (Å²) >= 11 is 0. The van der Waals surface area contributed by atoms with Gasteiger partial charge in [0.2, 0.25) is 0 Å².